The Bertz CT molecular complexity index is 1050. The third kappa shape index (κ3) is 7.74. The maximum absolute atomic E-state index is 12.9. The van der Waals surface area contributed by atoms with E-state index >= 15 is 0 Å². The number of carbonyl (C=O) groups is 2. The SMILES string of the molecule is CCCCC(=O)N(Cc1ccc(-c2ccccc2-c2nn[nH]n2)cc1)[C@H](C(=O)O)C(C)C.[Ca].[Mg]. The molecule has 1 heterocycles. The number of nitrogens with one attached hydrogen (secondary N) is 1. The second-order valence-corrected chi connectivity index (χ2v) is 8.13. The zero-order chi connectivity index (χ0) is 23.1. The van der Waals surface area contributed by atoms with Gasteiger partial charge in [0.1, 0.15) is 6.04 Å². The van der Waals surface area contributed by atoms with Crippen LogP contribution >= 0.6 is 0 Å². The molecule has 2 N–H and O–H groups in total. The molecule has 34 heavy (non-hydrogen) atoms. The van der Waals surface area contributed by atoms with Crippen molar-refractivity contribution in [2.45, 2.75) is 52.6 Å². The van der Waals surface area contributed by atoms with Gasteiger partial charge in [-0.15, -0.1) is 10.2 Å². The van der Waals surface area contributed by atoms with Gasteiger partial charge >= 0.3 is 5.97 Å². The molecule has 0 saturated carbocycles. The van der Waals surface area contributed by atoms with Crippen LogP contribution in [0.15, 0.2) is 48.5 Å². The van der Waals surface area contributed by atoms with Gasteiger partial charge in [-0.2, -0.15) is 5.21 Å². The standard InChI is InChI=1S/C24H29N5O3.Ca.Mg/c1-4-5-10-21(30)29(22(16(2)3)24(31)32)15-17-11-13-18(14-12-17)19-8-6-7-9-20(19)23-25-27-28-26-23;;/h6-9,11-14,16,22H,4-5,10,15H2,1-3H3,(H,31,32)(H,25,26,27,28);;/t22-;;/m0../s1. The molecule has 172 valence electrons. The number of tetrazole rings is 1. The molecule has 3 rings (SSSR count). The Morgan fingerprint density at radius 2 is 1.71 bits per heavy atom. The number of aromatic nitrogens is 4. The number of hydrogen-bond acceptors (Lipinski definition) is 5. The minimum atomic E-state index is -0.976. The molecule has 0 aliphatic carbocycles. The molecule has 3 aromatic rings. The molecule has 1 aromatic heterocycles. The number of unbranched alkanes of at least 4 members (excludes halogenated alkanes) is 1. The number of aromatic amines is 1. The van der Waals surface area contributed by atoms with Crippen molar-refractivity contribution < 1.29 is 14.7 Å². The number of rotatable bonds is 10. The van der Waals surface area contributed by atoms with Crippen molar-refractivity contribution in [1.29, 1.82) is 0 Å². The van der Waals surface area contributed by atoms with Crippen molar-refractivity contribution in [3.05, 3.63) is 54.1 Å². The van der Waals surface area contributed by atoms with Gasteiger partial charge in [0.25, 0.3) is 0 Å². The van der Waals surface area contributed by atoms with Gasteiger partial charge in [-0.1, -0.05) is 75.7 Å². The van der Waals surface area contributed by atoms with E-state index in [4.69, 9.17) is 0 Å². The zero-order valence-electron chi connectivity index (χ0n) is 20.1. The maximum atomic E-state index is 12.9. The molecule has 4 radical (unpaired) electrons. The maximum Gasteiger partial charge on any atom is 0.326 e. The van der Waals surface area contributed by atoms with E-state index in [1.807, 2.05) is 69.3 Å². The summed E-state index contributed by atoms with van der Waals surface area (Å²) in [5.41, 5.74) is 3.66. The first-order chi connectivity index (χ1) is 15.4. The molecule has 0 unspecified atom stereocenters. The summed E-state index contributed by atoms with van der Waals surface area (Å²) in [7, 11) is 0. The number of aliphatic carboxylic acids is 1. The fraction of sp³-hybridized carbons (Fsp3) is 0.375. The van der Waals surface area contributed by atoms with E-state index in [1.165, 1.54) is 4.90 Å². The number of H-pyrrole nitrogens is 1. The molecule has 0 spiro atoms. The number of carboxylic acids is 1. The van der Waals surface area contributed by atoms with E-state index in [0.717, 1.165) is 35.1 Å². The molecule has 10 heteroatoms. The summed E-state index contributed by atoms with van der Waals surface area (Å²) in [5.74, 6) is -0.784. The second-order valence-electron chi connectivity index (χ2n) is 8.13. The van der Waals surface area contributed by atoms with Gasteiger partial charge in [-0.3, -0.25) is 4.79 Å². The van der Waals surface area contributed by atoms with Crippen LogP contribution in [0.25, 0.3) is 22.5 Å². The minimum Gasteiger partial charge on any atom is -0.480 e. The van der Waals surface area contributed by atoms with Gasteiger partial charge in [0.05, 0.1) is 0 Å². The molecule has 2 aromatic carbocycles. The third-order valence-corrected chi connectivity index (χ3v) is 5.42. The first kappa shape index (κ1) is 30.5. The molecule has 0 aliphatic heterocycles. The molecule has 1 amide bonds. The van der Waals surface area contributed by atoms with Crippen molar-refractivity contribution in [3.63, 3.8) is 0 Å². The Hall–Kier alpha value is -1.52. The predicted molar refractivity (Wildman–Crippen MR) is 133 cm³/mol. The summed E-state index contributed by atoms with van der Waals surface area (Å²) >= 11 is 0. The summed E-state index contributed by atoms with van der Waals surface area (Å²) in [5, 5.41) is 24.0. The van der Waals surface area contributed by atoms with Gasteiger partial charge in [-0.25, -0.2) is 4.79 Å². The zero-order valence-corrected chi connectivity index (χ0v) is 23.7. The monoisotopic (exact) mass is 499 g/mol. The number of carboxylic acid groups (broad SMARTS) is 1. The largest absolute Gasteiger partial charge is 0.480 e. The van der Waals surface area contributed by atoms with Crippen LogP contribution in [0, 0.1) is 5.92 Å². The average Bonchev–Trinajstić information content (AvgIpc) is 3.32. The first-order valence-corrected chi connectivity index (χ1v) is 10.9. The minimum absolute atomic E-state index is 0. The Morgan fingerprint density at radius 1 is 1.06 bits per heavy atom. The van der Waals surface area contributed by atoms with Crippen LogP contribution in [0.2, 0.25) is 0 Å². The van der Waals surface area contributed by atoms with Gasteiger partial charge in [0.2, 0.25) is 11.7 Å². The molecule has 0 aliphatic rings. The second kappa shape index (κ2) is 14.8. The van der Waals surface area contributed by atoms with Crippen molar-refractivity contribution in [3.8, 4) is 22.5 Å². The van der Waals surface area contributed by atoms with Gasteiger partial charge < -0.3 is 10.0 Å². The van der Waals surface area contributed by atoms with Crippen LogP contribution in [0.4, 0.5) is 0 Å². The molecule has 0 bridgehead atoms. The summed E-state index contributed by atoms with van der Waals surface area (Å²) in [6.07, 6.45) is 1.97. The van der Waals surface area contributed by atoms with Crippen molar-refractivity contribution >= 4 is 72.7 Å². The number of amides is 1. The smallest absolute Gasteiger partial charge is 0.326 e. The number of carbonyl (C=O) groups excluding carboxylic acids is 1. The molecule has 0 saturated heterocycles. The van der Waals surface area contributed by atoms with Gasteiger partial charge in [-0.05, 0) is 34.2 Å². The fourth-order valence-corrected chi connectivity index (χ4v) is 3.78. The van der Waals surface area contributed by atoms with Gasteiger partial charge in [0, 0.05) is 79.3 Å². The van der Waals surface area contributed by atoms with Crippen LogP contribution in [0.1, 0.15) is 45.6 Å². The quantitative estimate of drug-likeness (QED) is 0.413. The number of benzene rings is 2. The van der Waals surface area contributed by atoms with Crippen LogP contribution < -0.4 is 0 Å². The van der Waals surface area contributed by atoms with Crippen LogP contribution in [-0.2, 0) is 16.1 Å². The Labute approximate surface area is 246 Å². The summed E-state index contributed by atoms with van der Waals surface area (Å²) in [4.78, 5) is 26.3. The summed E-state index contributed by atoms with van der Waals surface area (Å²) < 4.78 is 0. The van der Waals surface area contributed by atoms with E-state index < -0.39 is 12.0 Å². The van der Waals surface area contributed by atoms with Crippen LogP contribution in [-0.4, -0.2) is 109 Å². The molecule has 8 nitrogen and oxygen atoms in total. The predicted octanol–water partition coefficient (Wildman–Crippen LogP) is 3.40. The van der Waals surface area contributed by atoms with E-state index in [1.54, 1.807) is 0 Å². The molecular formula is C24H29CaMgN5O3. The number of nitrogens with zero attached hydrogens (tertiary/aromatic N) is 4. The van der Waals surface area contributed by atoms with Crippen LogP contribution in [0.3, 0.4) is 0 Å². The Morgan fingerprint density at radius 3 is 2.24 bits per heavy atom. The normalized spacial score (nSPS) is 11.3. The van der Waals surface area contributed by atoms with Crippen molar-refractivity contribution in [2.24, 2.45) is 5.92 Å². The molecule has 0 fully saturated rings. The Balaban J connectivity index is 0.00000289. The number of hydrogen-bond donors (Lipinski definition) is 2. The average molecular weight is 500 g/mol. The van der Waals surface area contributed by atoms with E-state index in [0.29, 0.717) is 12.2 Å². The van der Waals surface area contributed by atoms with Gasteiger partial charge in [0.15, 0.2) is 0 Å². The van der Waals surface area contributed by atoms with Crippen molar-refractivity contribution in [1.82, 2.24) is 25.5 Å². The summed E-state index contributed by atoms with van der Waals surface area (Å²) in [6, 6.07) is 14.7. The fourth-order valence-electron chi connectivity index (χ4n) is 3.78. The molecule has 1 atom stereocenters. The van der Waals surface area contributed by atoms with E-state index in [9.17, 15) is 14.7 Å². The van der Waals surface area contributed by atoms with Crippen molar-refractivity contribution in [2.75, 3.05) is 0 Å². The third-order valence-electron chi connectivity index (χ3n) is 5.42. The summed E-state index contributed by atoms with van der Waals surface area (Å²) in [6.45, 7) is 5.93. The van der Waals surface area contributed by atoms with Crippen LogP contribution in [0.5, 0.6) is 0 Å². The molecular weight excluding hydrogens is 471 g/mol. The Kier molecular flexibility index (Phi) is 13.3. The topological polar surface area (TPSA) is 112 Å². The first-order valence-electron chi connectivity index (χ1n) is 10.9. The van der Waals surface area contributed by atoms with E-state index in [-0.39, 0.29) is 79.2 Å². The van der Waals surface area contributed by atoms with E-state index in [2.05, 4.69) is 20.6 Å².